The van der Waals surface area contributed by atoms with Gasteiger partial charge >= 0.3 is 0 Å². The molecule has 0 bridgehead atoms. The second-order valence-corrected chi connectivity index (χ2v) is 7.27. The van der Waals surface area contributed by atoms with E-state index in [2.05, 4.69) is 20.7 Å². The molecule has 2 aromatic rings. The number of rotatable bonds is 4. The van der Waals surface area contributed by atoms with Crippen molar-refractivity contribution in [3.8, 4) is 0 Å². The van der Waals surface area contributed by atoms with Crippen LogP contribution in [0, 0.1) is 13.8 Å². The van der Waals surface area contributed by atoms with Gasteiger partial charge < -0.3 is 5.11 Å². The molecular weight excluding hydrogens is 354 g/mol. The van der Waals surface area contributed by atoms with Gasteiger partial charge in [-0.1, -0.05) is 28.1 Å². The van der Waals surface area contributed by atoms with Gasteiger partial charge in [-0.15, -0.1) is 0 Å². The molecule has 2 rings (SSSR count). The lowest BCUT2D eigenvalue weighted by atomic mass is 10.1. The molecule has 2 aromatic carbocycles. The Bertz CT molecular complexity index is 772. The summed E-state index contributed by atoms with van der Waals surface area (Å²) in [6.45, 7) is 3.39. The Balaban J connectivity index is 2.41. The molecule has 0 unspecified atom stereocenters. The Hall–Kier alpha value is -1.37. The number of aliphatic hydroxyl groups is 1. The van der Waals surface area contributed by atoms with E-state index in [1.165, 1.54) is 6.07 Å². The summed E-state index contributed by atoms with van der Waals surface area (Å²) in [5.41, 5.74) is 2.60. The molecule has 6 heteroatoms. The lowest BCUT2D eigenvalue weighted by molar-refractivity contribution is 0.280. The van der Waals surface area contributed by atoms with Crippen LogP contribution in [0.2, 0.25) is 0 Å². The number of anilines is 1. The van der Waals surface area contributed by atoms with Crippen LogP contribution in [0.15, 0.2) is 45.8 Å². The van der Waals surface area contributed by atoms with E-state index in [0.717, 1.165) is 10.0 Å². The van der Waals surface area contributed by atoms with E-state index < -0.39 is 10.0 Å². The summed E-state index contributed by atoms with van der Waals surface area (Å²) in [4.78, 5) is 0.176. The molecule has 0 atom stereocenters. The highest BCUT2D eigenvalue weighted by molar-refractivity contribution is 9.10. The first-order chi connectivity index (χ1) is 9.85. The predicted molar refractivity (Wildman–Crippen MR) is 86.8 cm³/mol. The zero-order valence-electron chi connectivity index (χ0n) is 11.7. The van der Waals surface area contributed by atoms with Gasteiger partial charge in [0, 0.05) is 10.2 Å². The first-order valence-corrected chi connectivity index (χ1v) is 8.61. The zero-order chi connectivity index (χ0) is 15.6. The zero-order valence-corrected chi connectivity index (χ0v) is 14.1. The van der Waals surface area contributed by atoms with Crippen LogP contribution >= 0.6 is 15.9 Å². The maximum atomic E-state index is 12.5. The number of aliphatic hydroxyl groups excluding tert-OH is 1. The molecule has 0 saturated heterocycles. The maximum Gasteiger partial charge on any atom is 0.262 e. The molecule has 0 radical (unpaired) electrons. The molecule has 0 saturated carbocycles. The molecule has 112 valence electrons. The highest BCUT2D eigenvalue weighted by Gasteiger charge is 2.18. The molecule has 0 fully saturated rings. The first-order valence-electron chi connectivity index (χ1n) is 6.33. The SMILES string of the molecule is Cc1cc(NS(=O)(=O)c2cccc(CO)c2C)ccc1Br. The Morgan fingerprint density at radius 2 is 1.90 bits per heavy atom. The van der Waals surface area contributed by atoms with E-state index in [-0.39, 0.29) is 11.5 Å². The van der Waals surface area contributed by atoms with E-state index in [1.54, 1.807) is 37.3 Å². The van der Waals surface area contributed by atoms with Crippen molar-refractivity contribution in [3.05, 3.63) is 57.6 Å². The van der Waals surface area contributed by atoms with Crippen LogP contribution < -0.4 is 4.72 Å². The highest BCUT2D eigenvalue weighted by Crippen LogP contribution is 2.24. The van der Waals surface area contributed by atoms with E-state index >= 15 is 0 Å². The molecule has 0 aliphatic rings. The van der Waals surface area contributed by atoms with E-state index in [9.17, 15) is 13.5 Å². The van der Waals surface area contributed by atoms with Crippen molar-refractivity contribution in [3.63, 3.8) is 0 Å². The normalized spacial score (nSPS) is 11.4. The van der Waals surface area contributed by atoms with Crippen molar-refractivity contribution < 1.29 is 13.5 Å². The average Bonchev–Trinajstić information content (AvgIpc) is 2.42. The van der Waals surface area contributed by atoms with Crippen molar-refractivity contribution in [2.24, 2.45) is 0 Å². The van der Waals surface area contributed by atoms with Crippen LogP contribution in [-0.4, -0.2) is 13.5 Å². The monoisotopic (exact) mass is 369 g/mol. The number of hydrogen-bond acceptors (Lipinski definition) is 3. The number of hydrogen-bond donors (Lipinski definition) is 2. The second kappa shape index (κ2) is 6.17. The molecule has 4 nitrogen and oxygen atoms in total. The van der Waals surface area contributed by atoms with Gasteiger partial charge in [-0.3, -0.25) is 4.72 Å². The highest BCUT2D eigenvalue weighted by atomic mass is 79.9. The van der Waals surface area contributed by atoms with Gasteiger partial charge in [-0.2, -0.15) is 0 Å². The van der Waals surface area contributed by atoms with Gasteiger partial charge in [0.2, 0.25) is 0 Å². The van der Waals surface area contributed by atoms with Gasteiger partial charge in [-0.05, 0) is 54.8 Å². The van der Waals surface area contributed by atoms with Gasteiger partial charge in [0.25, 0.3) is 10.0 Å². The smallest absolute Gasteiger partial charge is 0.262 e. The van der Waals surface area contributed by atoms with Crippen LogP contribution in [-0.2, 0) is 16.6 Å². The summed E-state index contributed by atoms with van der Waals surface area (Å²) < 4.78 is 28.4. The van der Waals surface area contributed by atoms with Crippen molar-refractivity contribution in [2.45, 2.75) is 25.3 Å². The number of benzene rings is 2. The minimum Gasteiger partial charge on any atom is -0.392 e. The molecule has 21 heavy (non-hydrogen) atoms. The van der Waals surface area contributed by atoms with Crippen LogP contribution in [0.25, 0.3) is 0 Å². The van der Waals surface area contributed by atoms with Crippen LogP contribution in [0.4, 0.5) is 5.69 Å². The molecule has 0 aromatic heterocycles. The predicted octanol–water partition coefficient (Wildman–Crippen LogP) is 3.36. The van der Waals surface area contributed by atoms with Gasteiger partial charge in [0.05, 0.1) is 11.5 Å². The molecular formula is C15H16BrNO3S. The molecule has 0 aliphatic heterocycles. The van der Waals surface area contributed by atoms with Crippen LogP contribution in [0.5, 0.6) is 0 Å². The maximum absolute atomic E-state index is 12.5. The molecule has 0 heterocycles. The van der Waals surface area contributed by atoms with Gasteiger partial charge in [-0.25, -0.2) is 8.42 Å². The minimum atomic E-state index is -3.68. The fourth-order valence-corrected chi connectivity index (χ4v) is 3.63. The molecule has 0 amide bonds. The topological polar surface area (TPSA) is 66.4 Å². The van der Waals surface area contributed by atoms with Crippen LogP contribution in [0.1, 0.15) is 16.7 Å². The van der Waals surface area contributed by atoms with Gasteiger partial charge in [0.1, 0.15) is 0 Å². The first kappa shape index (κ1) is 16.0. The standard InChI is InChI=1S/C15H16BrNO3S/c1-10-8-13(6-7-14(10)16)17-21(19,20)15-5-3-4-12(9-18)11(15)2/h3-8,17-18H,9H2,1-2H3. The number of halogens is 1. The summed E-state index contributed by atoms with van der Waals surface area (Å²) in [7, 11) is -3.68. The van der Waals surface area contributed by atoms with Crippen LogP contribution in [0.3, 0.4) is 0 Å². The Morgan fingerprint density at radius 1 is 1.19 bits per heavy atom. The largest absolute Gasteiger partial charge is 0.392 e. The molecule has 0 spiro atoms. The summed E-state index contributed by atoms with van der Waals surface area (Å²) in [5.74, 6) is 0. The number of sulfonamides is 1. The third-order valence-electron chi connectivity index (χ3n) is 3.27. The third-order valence-corrected chi connectivity index (χ3v) is 5.68. The quantitative estimate of drug-likeness (QED) is 0.867. The molecule has 0 aliphatic carbocycles. The van der Waals surface area contributed by atoms with E-state index in [0.29, 0.717) is 16.8 Å². The minimum absolute atomic E-state index is 0.176. The Kier molecular flexibility index (Phi) is 4.70. The van der Waals surface area contributed by atoms with Crippen molar-refractivity contribution >= 4 is 31.6 Å². The van der Waals surface area contributed by atoms with Gasteiger partial charge in [0.15, 0.2) is 0 Å². The van der Waals surface area contributed by atoms with E-state index in [1.807, 2.05) is 6.92 Å². The van der Waals surface area contributed by atoms with Crippen molar-refractivity contribution in [2.75, 3.05) is 4.72 Å². The summed E-state index contributed by atoms with van der Waals surface area (Å²) in [6, 6.07) is 10.1. The molecule has 2 N–H and O–H groups in total. The fraction of sp³-hybridized carbons (Fsp3) is 0.200. The Morgan fingerprint density at radius 3 is 2.52 bits per heavy atom. The average molecular weight is 370 g/mol. The lowest BCUT2D eigenvalue weighted by Crippen LogP contribution is -2.15. The fourth-order valence-electron chi connectivity index (χ4n) is 2.04. The number of aryl methyl sites for hydroxylation is 1. The lowest BCUT2D eigenvalue weighted by Gasteiger charge is -2.13. The van der Waals surface area contributed by atoms with Crippen molar-refractivity contribution in [1.29, 1.82) is 0 Å². The summed E-state index contributed by atoms with van der Waals surface area (Å²) >= 11 is 3.38. The van der Waals surface area contributed by atoms with Crippen molar-refractivity contribution in [1.82, 2.24) is 0 Å². The van der Waals surface area contributed by atoms with E-state index in [4.69, 9.17) is 0 Å². The summed E-state index contributed by atoms with van der Waals surface area (Å²) in [6.07, 6.45) is 0. The second-order valence-electron chi connectivity index (χ2n) is 4.77. The summed E-state index contributed by atoms with van der Waals surface area (Å²) in [5, 5.41) is 9.24. The Labute approximate surface area is 133 Å². The number of nitrogens with one attached hydrogen (secondary N) is 1. The third kappa shape index (κ3) is 3.45.